The summed E-state index contributed by atoms with van der Waals surface area (Å²) < 4.78 is 32.6. The number of benzene rings is 3. The van der Waals surface area contributed by atoms with Gasteiger partial charge in [-0.25, -0.2) is 13.2 Å². The van der Waals surface area contributed by atoms with Crippen molar-refractivity contribution in [2.45, 2.75) is 25.3 Å². The maximum absolute atomic E-state index is 13.2. The highest BCUT2D eigenvalue weighted by molar-refractivity contribution is 7.89. The van der Waals surface area contributed by atoms with Crippen molar-refractivity contribution in [2.24, 2.45) is 5.92 Å². The van der Waals surface area contributed by atoms with Crippen molar-refractivity contribution < 1.29 is 17.9 Å². The Kier molecular flexibility index (Phi) is 7.25. The Morgan fingerprint density at radius 3 is 1.94 bits per heavy atom. The van der Waals surface area contributed by atoms with Crippen LogP contribution < -0.4 is 0 Å². The van der Waals surface area contributed by atoms with Crippen LogP contribution in [-0.2, 0) is 21.3 Å². The van der Waals surface area contributed by atoms with Crippen LogP contribution in [-0.4, -0.2) is 32.3 Å². The maximum atomic E-state index is 13.2. The Morgan fingerprint density at radius 2 is 1.42 bits per heavy atom. The smallest absolute Gasteiger partial charge is 0.337 e. The Morgan fingerprint density at radius 1 is 0.871 bits per heavy atom. The number of carbonyl (C=O) groups is 1. The Labute approximate surface area is 184 Å². The second-order valence-corrected chi connectivity index (χ2v) is 9.71. The average Bonchev–Trinajstić information content (AvgIpc) is 2.79. The van der Waals surface area contributed by atoms with Gasteiger partial charge in [-0.3, -0.25) is 0 Å². The van der Waals surface area contributed by atoms with Gasteiger partial charge in [-0.15, -0.1) is 0 Å². The van der Waals surface area contributed by atoms with E-state index in [1.807, 2.05) is 56.3 Å². The summed E-state index contributed by atoms with van der Waals surface area (Å²) in [6, 6.07) is 23.5. The Bertz CT molecular complexity index is 1110. The lowest BCUT2D eigenvalue weighted by molar-refractivity contribution is 0.0600. The van der Waals surface area contributed by atoms with Gasteiger partial charge in [-0.2, -0.15) is 4.31 Å². The Balaban J connectivity index is 1.81. The van der Waals surface area contributed by atoms with E-state index in [0.29, 0.717) is 23.5 Å². The molecule has 3 rings (SSSR count). The van der Waals surface area contributed by atoms with Crippen molar-refractivity contribution in [3.05, 3.63) is 90.0 Å². The number of rotatable bonds is 8. The monoisotopic (exact) mass is 437 g/mol. The van der Waals surface area contributed by atoms with Crippen molar-refractivity contribution in [1.29, 1.82) is 0 Å². The van der Waals surface area contributed by atoms with Crippen LogP contribution in [0.25, 0.3) is 11.1 Å². The molecule has 0 saturated heterocycles. The molecule has 162 valence electrons. The van der Waals surface area contributed by atoms with Gasteiger partial charge < -0.3 is 4.74 Å². The molecule has 0 radical (unpaired) electrons. The van der Waals surface area contributed by atoms with E-state index < -0.39 is 10.0 Å². The molecule has 0 aromatic heterocycles. The quantitative estimate of drug-likeness (QED) is 0.466. The molecule has 3 aromatic rings. The molecule has 6 heteroatoms. The molecule has 5 nitrogen and oxygen atoms in total. The van der Waals surface area contributed by atoms with Crippen molar-refractivity contribution in [3.8, 4) is 11.1 Å². The molecular formula is C25H27NO4S. The molecule has 0 atom stereocenters. The average molecular weight is 438 g/mol. The molecule has 0 heterocycles. The molecule has 0 aliphatic carbocycles. The fourth-order valence-corrected chi connectivity index (χ4v) is 4.93. The predicted molar refractivity (Wildman–Crippen MR) is 122 cm³/mol. The predicted octanol–water partition coefficient (Wildman–Crippen LogP) is 4.99. The zero-order valence-electron chi connectivity index (χ0n) is 18.0. The van der Waals surface area contributed by atoms with E-state index in [-0.39, 0.29) is 11.9 Å². The third-order valence-corrected chi connectivity index (χ3v) is 6.73. The van der Waals surface area contributed by atoms with Gasteiger partial charge in [0.25, 0.3) is 0 Å². The summed E-state index contributed by atoms with van der Waals surface area (Å²) in [4.78, 5) is 11.9. The lowest BCUT2D eigenvalue weighted by Crippen LogP contribution is -2.33. The standard InChI is InChI=1S/C25H27NO4S/c1-19(2)17-26(31(28,29)24-7-5-4-6-8-24)18-20-9-11-21(12-10-20)22-13-15-23(16-14-22)25(27)30-3/h4-16,19H,17-18H2,1-3H3. The lowest BCUT2D eigenvalue weighted by Gasteiger charge is -2.24. The van der Waals surface area contributed by atoms with Crippen molar-refractivity contribution in [2.75, 3.05) is 13.7 Å². The van der Waals surface area contributed by atoms with Gasteiger partial charge in [0.15, 0.2) is 0 Å². The van der Waals surface area contributed by atoms with E-state index in [2.05, 4.69) is 0 Å². The number of esters is 1. The molecule has 0 aliphatic heterocycles. The largest absolute Gasteiger partial charge is 0.465 e. The van der Waals surface area contributed by atoms with Gasteiger partial charge in [-0.05, 0) is 46.9 Å². The molecule has 0 amide bonds. The molecule has 0 bridgehead atoms. The first kappa shape index (κ1) is 22.7. The first-order valence-electron chi connectivity index (χ1n) is 10.1. The molecule has 0 spiro atoms. The number of carbonyl (C=O) groups excluding carboxylic acids is 1. The topological polar surface area (TPSA) is 63.7 Å². The van der Waals surface area contributed by atoms with Gasteiger partial charge in [0, 0.05) is 13.1 Å². The van der Waals surface area contributed by atoms with Gasteiger partial charge in [0.1, 0.15) is 0 Å². The second kappa shape index (κ2) is 9.90. The minimum atomic E-state index is -3.58. The van der Waals surface area contributed by atoms with E-state index in [0.717, 1.165) is 16.7 Å². The van der Waals surface area contributed by atoms with Gasteiger partial charge in [-0.1, -0.05) is 68.4 Å². The summed E-state index contributed by atoms with van der Waals surface area (Å²) in [6.07, 6.45) is 0. The van der Waals surface area contributed by atoms with Gasteiger partial charge in [0.05, 0.1) is 17.6 Å². The number of sulfonamides is 1. The minimum absolute atomic E-state index is 0.200. The summed E-state index contributed by atoms with van der Waals surface area (Å²) in [7, 11) is -2.23. The zero-order chi connectivity index (χ0) is 22.4. The SMILES string of the molecule is COC(=O)c1ccc(-c2ccc(CN(CC(C)C)S(=O)(=O)c3ccccc3)cc2)cc1. The molecule has 0 saturated carbocycles. The fourth-order valence-electron chi connectivity index (χ4n) is 3.32. The fraction of sp³-hybridized carbons (Fsp3) is 0.240. The number of ether oxygens (including phenoxy) is 1. The molecule has 31 heavy (non-hydrogen) atoms. The Hall–Kier alpha value is -2.96. The van der Waals surface area contributed by atoms with Crippen molar-refractivity contribution >= 4 is 16.0 Å². The molecular weight excluding hydrogens is 410 g/mol. The van der Waals surface area contributed by atoms with E-state index in [9.17, 15) is 13.2 Å². The molecule has 0 N–H and O–H groups in total. The maximum Gasteiger partial charge on any atom is 0.337 e. The normalized spacial score (nSPS) is 11.6. The van der Waals surface area contributed by atoms with Crippen LogP contribution in [0.3, 0.4) is 0 Å². The molecule has 3 aromatic carbocycles. The number of hydrogen-bond acceptors (Lipinski definition) is 4. The lowest BCUT2D eigenvalue weighted by atomic mass is 10.0. The van der Waals surface area contributed by atoms with Crippen LogP contribution in [0.4, 0.5) is 0 Å². The molecule has 0 unspecified atom stereocenters. The van der Waals surface area contributed by atoms with E-state index >= 15 is 0 Å². The van der Waals surface area contributed by atoms with Crippen LogP contribution >= 0.6 is 0 Å². The zero-order valence-corrected chi connectivity index (χ0v) is 18.8. The van der Waals surface area contributed by atoms with Gasteiger partial charge >= 0.3 is 5.97 Å². The van der Waals surface area contributed by atoms with Crippen LogP contribution in [0.5, 0.6) is 0 Å². The molecule has 0 fully saturated rings. The second-order valence-electron chi connectivity index (χ2n) is 7.77. The summed E-state index contributed by atoms with van der Waals surface area (Å²) in [5, 5.41) is 0. The van der Waals surface area contributed by atoms with Crippen LogP contribution in [0.1, 0.15) is 29.8 Å². The van der Waals surface area contributed by atoms with Crippen molar-refractivity contribution in [1.82, 2.24) is 4.31 Å². The van der Waals surface area contributed by atoms with E-state index in [4.69, 9.17) is 4.74 Å². The number of methoxy groups -OCH3 is 1. The minimum Gasteiger partial charge on any atom is -0.465 e. The number of hydrogen-bond donors (Lipinski definition) is 0. The third kappa shape index (κ3) is 5.60. The first-order chi connectivity index (χ1) is 14.8. The highest BCUT2D eigenvalue weighted by Gasteiger charge is 2.25. The van der Waals surface area contributed by atoms with Crippen molar-refractivity contribution in [3.63, 3.8) is 0 Å². The van der Waals surface area contributed by atoms with Crippen LogP contribution in [0.15, 0.2) is 83.8 Å². The van der Waals surface area contributed by atoms with Crippen LogP contribution in [0, 0.1) is 5.92 Å². The van der Waals surface area contributed by atoms with Gasteiger partial charge in [0.2, 0.25) is 10.0 Å². The summed E-state index contributed by atoms with van der Waals surface area (Å²) in [5.74, 6) is -0.169. The van der Waals surface area contributed by atoms with Crippen LogP contribution in [0.2, 0.25) is 0 Å². The summed E-state index contributed by atoms with van der Waals surface area (Å²) >= 11 is 0. The summed E-state index contributed by atoms with van der Waals surface area (Å²) in [6.45, 7) is 4.76. The van der Waals surface area contributed by atoms with E-state index in [1.54, 1.807) is 36.4 Å². The highest BCUT2D eigenvalue weighted by Crippen LogP contribution is 2.23. The summed E-state index contributed by atoms with van der Waals surface area (Å²) in [5.41, 5.74) is 3.37. The molecule has 0 aliphatic rings. The number of nitrogens with zero attached hydrogens (tertiary/aromatic N) is 1. The van der Waals surface area contributed by atoms with E-state index in [1.165, 1.54) is 11.4 Å². The highest BCUT2D eigenvalue weighted by atomic mass is 32.2. The third-order valence-electron chi connectivity index (χ3n) is 4.90. The first-order valence-corrected chi connectivity index (χ1v) is 11.6.